The van der Waals surface area contributed by atoms with Gasteiger partial charge in [0.15, 0.2) is 0 Å². The van der Waals surface area contributed by atoms with E-state index in [1.54, 1.807) is 14.0 Å². The second-order valence-electron chi connectivity index (χ2n) is 4.28. The number of aliphatic carboxylic acids is 1. The molecule has 0 aromatic heterocycles. The zero-order valence-corrected chi connectivity index (χ0v) is 9.45. The lowest BCUT2D eigenvalue weighted by molar-refractivity contribution is -0.143. The van der Waals surface area contributed by atoms with Crippen molar-refractivity contribution in [2.75, 3.05) is 20.1 Å². The van der Waals surface area contributed by atoms with E-state index in [1.165, 1.54) is 4.90 Å². The average Bonchev–Trinajstić information content (AvgIpc) is 2.60. The Labute approximate surface area is 93.6 Å². The maximum atomic E-state index is 11.6. The molecule has 0 spiro atoms. The summed E-state index contributed by atoms with van der Waals surface area (Å²) in [7, 11) is 1.55. The molecule has 0 aromatic rings. The minimum absolute atomic E-state index is 0.113. The number of likely N-dealkylation sites (tertiary alicyclic amines) is 1. The van der Waals surface area contributed by atoms with Crippen LogP contribution in [-0.2, 0) is 14.4 Å². The van der Waals surface area contributed by atoms with Gasteiger partial charge in [-0.15, -0.1) is 0 Å². The van der Waals surface area contributed by atoms with E-state index in [2.05, 4.69) is 5.32 Å². The van der Waals surface area contributed by atoms with Crippen LogP contribution >= 0.6 is 0 Å². The lowest BCUT2D eigenvalue weighted by Crippen LogP contribution is -2.40. The van der Waals surface area contributed by atoms with Gasteiger partial charge in [0.2, 0.25) is 11.8 Å². The minimum atomic E-state index is -1.14. The molecule has 1 unspecified atom stereocenters. The van der Waals surface area contributed by atoms with Gasteiger partial charge in [0, 0.05) is 20.1 Å². The fourth-order valence-electron chi connectivity index (χ4n) is 1.90. The third-order valence-corrected chi connectivity index (χ3v) is 2.90. The number of carboxylic acid groups (broad SMARTS) is 1. The molecule has 0 aliphatic carbocycles. The number of carbonyl (C=O) groups is 3. The third-order valence-electron chi connectivity index (χ3n) is 2.90. The molecule has 2 N–H and O–H groups in total. The second-order valence-corrected chi connectivity index (χ2v) is 4.28. The van der Waals surface area contributed by atoms with Crippen LogP contribution in [-0.4, -0.2) is 47.9 Å². The first kappa shape index (κ1) is 12.5. The smallest absolute Gasteiger partial charge is 0.312 e. The van der Waals surface area contributed by atoms with Crippen LogP contribution < -0.4 is 5.32 Å². The van der Waals surface area contributed by atoms with Crippen molar-refractivity contribution in [1.82, 2.24) is 10.2 Å². The Morgan fingerprint density at radius 1 is 1.44 bits per heavy atom. The van der Waals surface area contributed by atoms with Crippen molar-refractivity contribution in [3.8, 4) is 0 Å². The van der Waals surface area contributed by atoms with Crippen LogP contribution in [0.2, 0.25) is 0 Å². The summed E-state index contributed by atoms with van der Waals surface area (Å²) in [4.78, 5) is 34.9. The summed E-state index contributed by atoms with van der Waals surface area (Å²) < 4.78 is 0. The molecule has 90 valence electrons. The van der Waals surface area contributed by atoms with E-state index in [4.69, 9.17) is 5.11 Å². The van der Waals surface area contributed by atoms with Crippen molar-refractivity contribution < 1.29 is 19.5 Å². The van der Waals surface area contributed by atoms with Crippen LogP contribution in [0, 0.1) is 5.41 Å². The molecule has 1 atom stereocenters. The lowest BCUT2D eigenvalue weighted by atomic mass is 9.89. The highest BCUT2D eigenvalue weighted by molar-refractivity contribution is 5.94. The van der Waals surface area contributed by atoms with E-state index in [0.29, 0.717) is 19.5 Å². The molecule has 1 heterocycles. The number of nitrogens with one attached hydrogen (secondary N) is 1. The average molecular weight is 228 g/mol. The molecule has 1 fully saturated rings. The fourth-order valence-corrected chi connectivity index (χ4v) is 1.90. The summed E-state index contributed by atoms with van der Waals surface area (Å²) in [6, 6.07) is 0. The summed E-state index contributed by atoms with van der Waals surface area (Å²) >= 11 is 0. The van der Waals surface area contributed by atoms with Crippen LogP contribution in [0.15, 0.2) is 0 Å². The van der Waals surface area contributed by atoms with E-state index < -0.39 is 23.7 Å². The molecule has 2 amide bonds. The molecule has 0 radical (unpaired) electrons. The van der Waals surface area contributed by atoms with E-state index in [0.717, 1.165) is 0 Å². The topological polar surface area (TPSA) is 86.7 Å². The summed E-state index contributed by atoms with van der Waals surface area (Å²) in [6.07, 6.45) is 0.0574. The molecule has 6 heteroatoms. The molecule has 16 heavy (non-hydrogen) atoms. The highest BCUT2D eigenvalue weighted by atomic mass is 16.4. The van der Waals surface area contributed by atoms with Gasteiger partial charge in [-0.2, -0.15) is 0 Å². The van der Waals surface area contributed by atoms with Crippen molar-refractivity contribution in [3.63, 3.8) is 0 Å². The maximum absolute atomic E-state index is 11.6. The quantitative estimate of drug-likeness (QED) is 0.634. The summed E-state index contributed by atoms with van der Waals surface area (Å²) in [6.45, 7) is 2.51. The maximum Gasteiger partial charge on any atom is 0.312 e. The van der Waals surface area contributed by atoms with Gasteiger partial charge in [-0.25, -0.2) is 0 Å². The number of carboxylic acids is 1. The monoisotopic (exact) mass is 228 g/mol. The third kappa shape index (κ3) is 2.50. The van der Waals surface area contributed by atoms with Crippen LogP contribution in [0.5, 0.6) is 0 Å². The second kappa shape index (κ2) is 4.51. The van der Waals surface area contributed by atoms with E-state index in [9.17, 15) is 14.4 Å². The van der Waals surface area contributed by atoms with Crippen LogP contribution in [0.4, 0.5) is 0 Å². The molecule has 1 saturated heterocycles. The predicted molar refractivity (Wildman–Crippen MR) is 55.6 cm³/mol. The Kier molecular flexibility index (Phi) is 3.51. The van der Waals surface area contributed by atoms with Gasteiger partial charge < -0.3 is 15.3 Å². The summed E-state index contributed by atoms with van der Waals surface area (Å²) in [5.74, 6) is -1.68. The number of nitrogens with zero attached hydrogens (tertiary/aromatic N) is 1. The Morgan fingerprint density at radius 3 is 2.56 bits per heavy atom. The van der Waals surface area contributed by atoms with Gasteiger partial charge in [-0.05, 0) is 13.3 Å². The fraction of sp³-hybridized carbons (Fsp3) is 0.700. The first-order chi connectivity index (χ1) is 7.39. The normalized spacial score (nSPS) is 24.2. The Bertz CT molecular complexity index is 329. The first-order valence-electron chi connectivity index (χ1n) is 5.11. The number of hydrogen-bond donors (Lipinski definition) is 2. The van der Waals surface area contributed by atoms with Gasteiger partial charge in [0.1, 0.15) is 6.42 Å². The Balaban J connectivity index is 2.61. The standard InChI is InChI=1S/C10H16N2O4/c1-10(9(16)11-2)3-4-12(6-10)7(13)5-8(14)15/h3-6H2,1-2H3,(H,11,16)(H,14,15). The van der Waals surface area contributed by atoms with Gasteiger partial charge in [0.05, 0.1) is 5.41 Å². The zero-order valence-electron chi connectivity index (χ0n) is 9.45. The van der Waals surface area contributed by atoms with Crippen LogP contribution in [0.25, 0.3) is 0 Å². The van der Waals surface area contributed by atoms with Crippen molar-refractivity contribution in [2.45, 2.75) is 19.8 Å². The predicted octanol–water partition coefficient (Wildman–Crippen LogP) is -0.554. The SMILES string of the molecule is CNC(=O)C1(C)CCN(C(=O)CC(=O)O)C1. The molecular formula is C10H16N2O4. The number of hydrogen-bond acceptors (Lipinski definition) is 3. The molecule has 1 aliphatic rings. The van der Waals surface area contributed by atoms with E-state index >= 15 is 0 Å². The first-order valence-corrected chi connectivity index (χ1v) is 5.11. The molecular weight excluding hydrogens is 212 g/mol. The highest BCUT2D eigenvalue weighted by Gasteiger charge is 2.41. The van der Waals surface area contributed by atoms with Crippen LogP contribution in [0.3, 0.4) is 0 Å². The lowest BCUT2D eigenvalue weighted by Gasteiger charge is -2.22. The van der Waals surface area contributed by atoms with Gasteiger partial charge in [-0.1, -0.05) is 0 Å². The van der Waals surface area contributed by atoms with Crippen molar-refractivity contribution >= 4 is 17.8 Å². The van der Waals surface area contributed by atoms with E-state index in [1.807, 2.05) is 0 Å². The molecule has 0 saturated carbocycles. The largest absolute Gasteiger partial charge is 0.481 e. The Hall–Kier alpha value is -1.59. The Morgan fingerprint density at radius 2 is 2.06 bits per heavy atom. The van der Waals surface area contributed by atoms with Crippen molar-refractivity contribution in [2.24, 2.45) is 5.41 Å². The molecule has 0 bridgehead atoms. The number of carbonyl (C=O) groups excluding carboxylic acids is 2. The van der Waals surface area contributed by atoms with Crippen molar-refractivity contribution in [3.05, 3.63) is 0 Å². The summed E-state index contributed by atoms with van der Waals surface area (Å²) in [5, 5.41) is 11.1. The molecule has 1 aliphatic heterocycles. The molecule has 6 nitrogen and oxygen atoms in total. The minimum Gasteiger partial charge on any atom is -0.481 e. The number of rotatable bonds is 3. The highest BCUT2D eigenvalue weighted by Crippen LogP contribution is 2.30. The number of amides is 2. The zero-order chi connectivity index (χ0) is 12.3. The summed E-state index contributed by atoms with van der Waals surface area (Å²) in [5.41, 5.74) is -0.594. The van der Waals surface area contributed by atoms with Gasteiger partial charge in [-0.3, -0.25) is 14.4 Å². The molecule has 1 rings (SSSR count). The van der Waals surface area contributed by atoms with Crippen molar-refractivity contribution in [1.29, 1.82) is 0 Å². The van der Waals surface area contributed by atoms with Crippen LogP contribution in [0.1, 0.15) is 19.8 Å². The van der Waals surface area contributed by atoms with Gasteiger partial charge >= 0.3 is 5.97 Å². The van der Waals surface area contributed by atoms with Gasteiger partial charge in [0.25, 0.3) is 0 Å². The molecule has 0 aromatic carbocycles. The van der Waals surface area contributed by atoms with E-state index in [-0.39, 0.29) is 5.91 Å².